The lowest BCUT2D eigenvalue weighted by atomic mass is 10.1. The number of aromatic nitrogens is 3. The van der Waals surface area contributed by atoms with Crippen molar-refractivity contribution in [2.75, 3.05) is 18.0 Å². The Bertz CT molecular complexity index is 1220. The first-order chi connectivity index (χ1) is 15.3. The molecule has 3 heterocycles. The predicted molar refractivity (Wildman–Crippen MR) is 124 cm³/mol. The highest BCUT2D eigenvalue weighted by Gasteiger charge is 2.35. The fourth-order valence-electron chi connectivity index (χ4n) is 4.34. The number of nitrogens with zero attached hydrogens (tertiary/aromatic N) is 5. The molecule has 1 saturated heterocycles. The maximum Gasteiger partial charge on any atom is 0.156 e. The van der Waals surface area contributed by atoms with Crippen molar-refractivity contribution < 1.29 is 8.42 Å². The van der Waals surface area contributed by atoms with E-state index in [1.54, 1.807) is 24.4 Å². The fourth-order valence-corrected chi connectivity index (χ4v) is 5.98. The molecular weight excluding hydrogens is 426 g/mol. The van der Waals surface area contributed by atoms with Crippen molar-refractivity contribution in [2.24, 2.45) is 11.5 Å². The zero-order valence-electron chi connectivity index (χ0n) is 18.4. The third-order valence-electron chi connectivity index (χ3n) is 6.36. The Balaban J connectivity index is 1.72. The third kappa shape index (κ3) is 3.93. The van der Waals surface area contributed by atoms with Crippen LogP contribution in [0.25, 0.3) is 11.2 Å². The van der Waals surface area contributed by atoms with Crippen LogP contribution in [0.15, 0.2) is 30.2 Å². The summed E-state index contributed by atoms with van der Waals surface area (Å²) in [6.45, 7) is 4.73. The number of anilines is 1. The molecule has 32 heavy (non-hydrogen) atoms. The Morgan fingerprint density at radius 2 is 1.97 bits per heavy atom. The summed E-state index contributed by atoms with van der Waals surface area (Å²) < 4.78 is 27.0. The Hall–Kier alpha value is -3.06. The summed E-state index contributed by atoms with van der Waals surface area (Å²) in [7, 11) is -3.11. The van der Waals surface area contributed by atoms with Crippen molar-refractivity contribution in [3.05, 3.63) is 41.5 Å². The minimum atomic E-state index is -3.11. The number of nitrogens with two attached hydrogens (primary N) is 2. The van der Waals surface area contributed by atoms with Crippen molar-refractivity contribution in [1.82, 2.24) is 14.6 Å². The molecule has 1 aliphatic carbocycles. The molecule has 10 heteroatoms. The summed E-state index contributed by atoms with van der Waals surface area (Å²) in [5.74, 6) is 1.23. The number of piperidine rings is 1. The maximum atomic E-state index is 12.6. The SMILES string of the molecule is CC(C)S(=O)(=O)C1CCN(c2ncnn3c(/C(N)=C/C(C#N)=C\N)cc(C4CC4)c23)CC1. The average Bonchev–Trinajstić information content (AvgIpc) is 3.56. The second-order valence-corrected chi connectivity index (χ2v) is 11.5. The molecule has 0 bridgehead atoms. The van der Waals surface area contributed by atoms with E-state index >= 15 is 0 Å². The quantitative estimate of drug-likeness (QED) is 0.498. The van der Waals surface area contributed by atoms with Crippen molar-refractivity contribution in [2.45, 2.75) is 55.9 Å². The molecule has 9 nitrogen and oxygen atoms in total. The largest absolute Gasteiger partial charge is 0.404 e. The molecule has 1 saturated carbocycles. The number of hydrogen-bond donors (Lipinski definition) is 2. The van der Waals surface area contributed by atoms with Crippen molar-refractivity contribution in [3.63, 3.8) is 0 Å². The summed E-state index contributed by atoms with van der Waals surface area (Å²) in [6, 6.07) is 4.04. The number of allylic oxidation sites excluding steroid dienone is 2. The molecule has 170 valence electrons. The van der Waals surface area contributed by atoms with Gasteiger partial charge in [0.05, 0.1) is 27.5 Å². The first-order valence-corrected chi connectivity index (χ1v) is 12.5. The van der Waals surface area contributed by atoms with Gasteiger partial charge in [0, 0.05) is 19.3 Å². The van der Waals surface area contributed by atoms with E-state index < -0.39 is 9.84 Å². The van der Waals surface area contributed by atoms with E-state index in [-0.39, 0.29) is 16.1 Å². The zero-order chi connectivity index (χ0) is 23.0. The van der Waals surface area contributed by atoms with E-state index in [0.717, 1.165) is 29.7 Å². The van der Waals surface area contributed by atoms with E-state index in [1.165, 1.54) is 12.5 Å². The Morgan fingerprint density at radius 1 is 1.28 bits per heavy atom. The summed E-state index contributed by atoms with van der Waals surface area (Å²) in [6.07, 6.45) is 7.62. The minimum Gasteiger partial charge on any atom is -0.404 e. The van der Waals surface area contributed by atoms with Gasteiger partial charge in [-0.3, -0.25) is 0 Å². The molecule has 2 fully saturated rings. The van der Waals surface area contributed by atoms with Gasteiger partial charge in [-0.05, 0) is 63.2 Å². The van der Waals surface area contributed by atoms with Crippen LogP contribution in [0.2, 0.25) is 0 Å². The zero-order valence-corrected chi connectivity index (χ0v) is 19.2. The second-order valence-electron chi connectivity index (χ2n) is 8.76. The minimum absolute atomic E-state index is 0.271. The molecular formula is C22H29N7O2S. The smallest absolute Gasteiger partial charge is 0.156 e. The molecule has 2 aliphatic rings. The van der Waals surface area contributed by atoms with Gasteiger partial charge in [-0.25, -0.2) is 17.9 Å². The molecule has 4 rings (SSSR count). The van der Waals surface area contributed by atoms with Crippen molar-refractivity contribution in [3.8, 4) is 6.07 Å². The highest BCUT2D eigenvalue weighted by atomic mass is 32.2. The van der Waals surface area contributed by atoms with Crippen LogP contribution in [0.1, 0.15) is 56.7 Å². The van der Waals surface area contributed by atoms with Crippen LogP contribution in [0, 0.1) is 11.3 Å². The topological polar surface area (TPSA) is 143 Å². The van der Waals surface area contributed by atoms with E-state index in [1.807, 2.05) is 12.1 Å². The monoisotopic (exact) mass is 455 g/mol. The first kappa shape index (κ1) is 22.1. The van der Waals surface area contributed by atoms with Crippen LogP contribution in [-0.2, 0) is 9.84 Å². The van der Waals surface area contributed by atoms with Crippen LogP contribution >= 0.6 is 0 Å². The standard InChI is InChI=1S/C22H29N7O2S/c1-14(2)32(30,31)17-5-7-28(8-6-17)22-21-18(16-3-4-16)10-20(29(21)27-13-26-22)19(25)9-15(11-23)12-24/h9-11,13-14,16-17H,3-8,23,25H2,1-2H3/b15-11+,19-9-. The van der Waals surface area contributed by atoms with Crippen molar-refractivity contribution >= 4 is 26.9 Å². The number of fused-ring (bicyclic) bond motifs is 1. The van der Waals surface area contributed by atoms with Gasteiger partial charge in [0.25, 0.3) is 0 Å². The van der Waals surface area contributed by atoms with Crippen molar-refractivity contribution in [1.29, 1.82) is 5.26 Å². The molecule has 0 unspecified atom stereocenters. The summed E-state index contributed by atoms with van der Waals surface area (Å²) >= 11 is 0. The molecule has 0 aromatic carbocycles. The van der Waals surface area contributed by atoms with Crippen LogP contribution in [0.5, 0.6) is 0 Å². The number of hydrogen-bond acceptors (Lipinski definition) is 8. The first-order valence-electron chi connectivity index (χ1n) is 10.9. The summed E-state index contributed by atoms with van der Waals surface area (Å²) in [5.41, 5.74) is 15.2. The van der Waals surface area contributed by atoms with E-state index in [0.29, 0.717) is 43.2 Å². The van der Waals surface area contributed by atoms with E-state index in [2.05, 4.69) is 15.0 Å². The molecule has 0 radical (unpaired) electrons. The Labute approximate surface area is 188 Å². The van der Waals surface area contributed by atoms with Gasteiger partial charge in [-0.1, -0.05) is 0 Å². The van der Waals surface area contributed by atoms with Gasteiger partial charge in [0.2, 0.25) is 0 Å². The van der Waals surface area contributed by atoms with Gasteiger partial charge >= 0.3 is 0 Å². The molecule has 2 aromatic rings. The molecule has 0 spiro atoms. The average molecular weight is 456 g/mol. The number of rotatable bonds is 6. The lowest BCUT2D eigenvalue weighted by molar-refractivity contribution is 0.522. The third-order valence-corrected chi connectivity index (χ3v) is 9.08. The van der Waals surface area contributed by atoms with Gasteiger partial charge in [-0.2, -0.15) is 10.4 Å². The summed E-state index contributed by atoms with van der Waals surface area (Å²) in [5, 5.41) is 13.0. The van der Waals surface area contributed by atoms with Gasteiger partial charge < -0.3 is 16.4 Å². The van der Waals surface area contributed by atoms with Gasteiger partial charge in [0.15, 0.2) is 15.7 Å². The van der Waals surface area contributed by atoms with Crippen LogP contribution < -0.4 is 16.4 Å². The van der Waals surface area contributed by atoms with Gasteiger partial charge in [-0.15, -0.1) is 0 Å². The number of sulfone groups is 1. The van der Waals surface area contributed by atoms with E-state index in [4.69, 9.17) is 11.5 Å². The summed E-state index contributed by atoms with van der Waals surface area (Å²) in [4.78, 5) is 6.74. The molecule has 0 atom stereocenters. The Morgan fingerprint density at radius 3 is 2.53 bits per heavy atom. The fraction of sp³-hybridized carbons (Fsp3) is 0.500. The second kappa shape index (κ2) is 8.47. The van der Waals surface area contributed by atoms with Gasteiger partial charge in [0.1, 0.15) is 17.9 Å². The molecule has 4 N–H and O–H groups in total. The normalized spacial score (nSPS) is 19.0. The molecule has 0 amide bonds. The maximum absolute atomic E-state index is 12.6. The predicted octanol–water partition coefficient (Wildman–Crippen LogP) is 2.06. The molecule has 2 aromatic heterocycles. The highest BCUT2D eigenvalue weighted by molar-refractivity contribution is 7.92. The van der Waals surface area contributed by atoms with Crippen LogP contribution in [-0.4, -0.2) is 46.6 Å². The lowest BCUT2D eigenvalue weighted by Gasteiger charge is -2.33. The lowest BCUT2D eigenvalue weighted by Crippen LogP contribution is -2.42. The highest BCUT2D eigenvalue weighted by Crippen LogP contribution is 2.45. The van der Waals surface area contributed by atoms with E-state index in [9.17, 15) is 13.7 Å². The molecule has 1 aliphatic heterocycles. The van der Waals surface area contributed by atoms with Crippen LogP contribution in [0.4, 0.5) is 5.82 Å². The number of nitriles is 1. The van der Waals surface area contributed by atoms with Crippen LogP contribution in [0.3, 0.4) is 0 Å². The Kier molecular flexibility index (Phi) is 5.86.